The van der Waals surface area contributed by atoms with Gasteiger partial charge in [-0.1, -0.05) is 19.9 Å². The lowest BCUT2D eigenvalue weighted by Crippen LogP contribution is -2.38. The highest BCUT2D eigenvalue weighted by Crippen LogP contribution is 2.28. The van der Waals surface area contributed by atoms with Gasteiger partial charge >= 0.3 is 0 Å². The number of amides is 1. The van der Waals surface area contributed by atoms with Crippen molar-refractivity contribution in [3.8, 4) is 5.69 Å². The van der Waals surface area contributed by atoms with E-state index in [1.54, 1.807) is 10.7 Å². The highest BCUT2D eigenvalue weighted by atomic mass is 19.1. The molecule has 0 radical (unpaired) electrons. The molecule has 24 heavy (non-hydrogen) atoms. The molecule has 1 aromatic carbocycles. The molecule has 1 saturated heterocycles. The molecule has 2 heterocycles. The van der Waals surface area contributed by atoms with E-state index < -0.39 is 0 Å². The summed E-state index contributed by atoms with van der Waals surface area (Å²) in [5.41, 5.74) is 1.89. The first-order valence-electron chi connectivity index (χ1n) is 8.61. The van der Waals surface area contributed by atoms with Gasteiger partial charge in [0.25, 0.3) is 0 Å². The van der Waals surface area contributed by atoms with Crippen LogP contribution in [0.25, 0.3) is 5.69 Å². The SMILES string of the molecule is CC(C)CC(=O)N1CCC(c2cnn(-c3cccc(F)c3)c2)CC1. The number of likely N-dealkylation sites (tertiary alicyclic amines) is 1. The van der Waals surface area contributed by atoms with E-state index in [0.717, 1.165) is 37.2 Å². The van der Waals surface area contributed by atoms with E-state index in [4.69, 9.17) is 0 Å². The average molecular weight is 329 g/mol. The number of halogens is 1. The minimum absolute atomic E-state index is 0.262. The number of piperidine rings is 1. The Balaban J connectivity index is 1.62. The maximum absolute atomic E-state index is 13.3. The van der Waals surface area contributed by atoms with Gasteiger partial charge in [-0.25, -0.2) is 9.07 Å². The number of nitrogens with zero attached hydrogens (tertiary/aromatic N) is 3. The molecule has 0 bridgehead atoms. The Morgan fingerprint density at radius 2 is 2.08 bits per heavy atom. The molecule has 2 aromatic rings. The first-order chi connectivity index (χ1) is 11.5. The van der Waals surface area contributed by atoms with Gasteiger partial charge in [0.2, 0.25) is 5.91 Å². The molecule has 3 rings (SSSR count). The Morgan fingerprint density at radius 3 is 2.75 bits per heavy atom. The van der Waals surface area contributed by atoms with Crippen molar-refractivity contribution in [3.63, 3.8) is 0 Å². The van der Waals surface area contributed by atoms with Gasteiger partial charge in [0.15, 0.2) is 0 Å². The molecular formula is C19H24FN3O. The van der Waals surface area contributed by atoms with Crippen LogP contribution in [0, 0.1) is 11.7 Å². The van der Waals surface area contributed by atoms with Gasteiger partial charge in [0, 0.05) is 25.7 Å². The molecule has 128 valence electrons. The summed E-state index contributed by atoms with van der Waals surface area (Å²) in [6.45, 7) is 5.76. The summed E-state index contributed by atoms with van der Waals surface area (Å²) in [5, 5.41) is 4.37. The number of carbonyl (C=O) groups excluding carboxylic acids is 1. The van der Waals surface area contributed by atoms with E-state index in [0.29, 0.717) is 18.3 Å². The summed E-state index contributed by atoms with van der Waals surface area (Å²) in [4.78, 5) is 14.1. The zero-order chi connectivity index (χ0) is 17.1. The molecule has 0 spiro atoms. The fraction of sp³-hybridized carbons (Fsp3) is 0.474. The smallest absolute Gasteiger partial charge is 0.222 e. The molecule has 0 aliphatic carbocycles. The quantitative estimate of drug-likeness (QED) is 0.856. The molecule has 1 aliphatic heterocycles. The molecule has 4 nitrogen and oxygen atoms in total. The third-order valence-electron chi connectivity index (χ3n) is 4.58. The summed E-state index contributed by atoms with van der Waals surface area (Å²) in [5.74, 6) is 0.815. The molecule has 1 amide bonds. The van der Waals surface area contributed by atoms with Crippen LogP contribution in [0.3, 0.4) is 0 Å². The molecule has 0 saturated carbocycles. The second kappa shape index (κ2) is 7.16. The topological polar surface area (TPSA) is 38.1 Å². The van der Waals surface area contributed by atoms with Crippen LogP contribution < -0.4 is 0 Å². The van der Waals surface area contributed by atoms with E-state index in [1.165, 1.54) is 12.1 Å². The minimum Gasteiger partial charge on any atom is -0.343 e. The van der Waals surface area contributed by atoms with Gasteiger partial charge in [0.05, 0.1) is 11.9 Å². The van der Waals surface area contributed by atoms with Crippen molar-refractivity contribution in [3.05, 3.63) is 48.0 Å². The summed E-state index contributed by atoms with van der Waals surface area (Å²) < 4.78 is 15.1. The van der Waals surface area contributed by atoms with E-state index in [1.807, 2.05) is 23.4 Å². The third-order valence-corrected chi connectivity index (χ3v) is 4.58. The molecular weight excluding hydrogens is 305 g/mol. The highest BCUT2D eigenvalue weighted by Gasteiger charge is 2.25. The van der Waals surface area contributed by atoms with Crippen LogP contribution in [0.5, 0.6) is 0 Å². The van der Waals surface area contributed by atoms with Crippen molar-refractivity contribution in [1.29, 1.82) is 0 Å². The Labute approximate surface area is 142 Å². The van der Waals surface area contributed by atoms with E-state index in [-0.39, 0.29) is 11.7 Å². The molecule has 0 N–H and O–H groups in total. The van der Waals surface area contributed by atoms with Gasteiger partial charge in [0.1, 0.15) is 5.82 Å². The molecule has 0 atom stereocenters. The number of hydrogen-bond acceptors (Lipinski definition) is 2. The van der Waals surface area contributed by atoms with Crippen LogP contribution >= 0.6 is 0 Å². The number of aromatic nitrogens is 2. The van der Waals surface area contributed by atoms with Gasteiger partial charge in [-0.15, -0.1) is 0 Å². The molecule has 1 aliphatic rings. The molecule has 1 fully saturated rings. The predicted octanol–water partition coefficient (Wildman–Crippen LogP) is 3.76. The molecule has 5 heteroatoms. The summed E-state index contributed by atoms with van der Waals surface area (Å²) in [6, 6.07) is 6.43. The van der Waals surface area contributed by atoms with E-state index in [9.17, 15) is 9.18 Å². The van der Waals surface area contributed by atoms with Crippen LogP contribution in [-0.4, -0.2) is 33.7 Å². The first kappa shape index (κ1) is 16.7. The Bertz CT molecular complexity index is 702. The number of hydrogen-bond donors (Lipinski definition) is 0. The van der Waals surface area contributed by atoms with Crippen molar-refractivity contribution < 1.29 is 9.18 Å². The fourth-order valence-electron chi connectivity index (χ4n) is 3.25. The minimum atomic E-state index is -0.262. The van der Waals surface area contributed by atoms with E-state index in [2.05, 4.69) is 18.9 Å². The lowest BCUT2D eigenvalue weighted by Gasteiger charge is -2.32. The van der Waals surface area contributed by atoms with Crippen molar-refractivity contribution in [1.82, 2.24) is 14.7 Å². The number of benzene rings is 1. The molecule has 0 unspecified atom stereocenters. The second-order valence-electron chi connectivity index (χ2n) is 6.95. The Hall–Kier alpha value is -2.17. The largest absolute Gasteiger partial charge is 0.343 e. The van der Waals surface area contributed by atoms with Crippen molar-refractivity contribution in [2.75, 3.05) is 13.1 Å². The van der Waals surface area contributed by atoms with Crippen LogP contribution in [-0.2, 0) is 4.79 Å². The normalized spacial score (nSPS) is 15.9. The number of rotatable bonds is 4. The zero-order valence-corrected chi connectivity index (χ0v) is 14.3. The third kappa shape index (κ3) is 3.83. The van der Waals surface area contributed by atoms with Crippen LogP contribution in [0.4, 0.5) is 4.39 Å². The predicted molar refractivity (Wildman–Crippen MR) is 91.5 cm³/mol. The first-order valence-corrected chi connectivity index (χ1v) is 8.61. The lowest BCUT2D eigenvalue weighted by atomic mass is 9.91. The Kier molecular flexibility index (Phi) is 4.97. The lowest BCUT2D eigenvalue weighted by molar-refractivity contribution is -0.133. The van der Waals surface area contributed by atoms with Crippen LogP contribution in [0.15, 0.2) is 36.7 Å². The zero-order valence-electron chi connectivity index (χ0n) is 14.3. The maximum Gasteiger partial charge on any atom is 0.222 e. The van der Waals surface area contributed by atoms with Crippen LogP contribution in [0.1, 0.15) is 44.6 Å². The van der Waals surface area contributed by atoms with Gasteiger partial charge in [-0.05, 0) is 48.4 Å². The fourth-order valence-corrected chi connectivity index (χ4v) is 3.25. The van der Waals surface area contributed by atoms with Gasteiger partial charge < -0.3 is 4.90 Å². The van der Waals surface area contributed by atoms with Gasteiger partial charge in [-0.3, -0.25) is 4.79 Å². The highest BCUT2D eigenvalue weighted by molar-refractivity contribution is 5.76. The Morgan fingerprint density at radius 1 is 1.33 bits per heavy atom. The van der Waals surface area contributed by atoms with Crippen molar-refractivity contribution in [2.24, 2.45) is 5.92 Å². The van der Waals surface area contributed by atoms with Crippen LogP contribution in [0.2, 0.25) is 0 Å². The van der Waals surface area contributed by atoms with Crippen molar-refractivity contribution in [2.45, 2.75) is 39.0 Å². The maximum atomic E-state index is 13.3. The van der Waals surface area contributed by atoms with Gasteiger partial charge in [-0.2, -0.15) is 5.10 Å². The molecule has 1 aromatic heterocycles. The average Bonchev–Trinajstić information content (AvgIpc) is 3.04. The number of carbonyl (C=O) groups is 1. The monoisotopic (exact) mass is 329 g/mol. The summed E-state index contributed by atoms with van der Waals surface area (Å²) in [6.07, 6.45) is 6.38. The summed E-state index contributed by atoms with van der Waals surface area (Å²) >= 11 is 0. The standard InChI is InChI=1S/C19H24FN3O/c1-14(2)10-19(24)22-8-6-15(7-9-22)16-12-21-23(13-16)18-5-3-4-17(20)11-18/h3-5,11-15H,6-10H2,1-2H3. The van der Waals surface area contributed by atoms with Crippen molar-refractivity contribution >= 4 is 5.91 Å². The van der Waals surface area contributed by atoms with E-state index >= 15 is 0 Å². The second-order valence-corrected chi connectivity index (χ2v) is 6.95. The summed E-state index contributed by atoms with van der Waals surface area (Å²) in [7, 11) is 0.